The summed E-state index contributed by atoms with van der Waals surface area (Å²) < 4.78 is 10.7. The fourth-order valence-corrected chi connectivity index (χ4v) is 3.85. The SMILES string of the molecule is CSCCC(C(=O)Nc1ccc2c(c1)OCO2)N1Cc2ccccc2C1=O. The molecule has 2 amide bonds. The lowest BCUT2D eigenvalue weighted by Crippen LogP contribution is -2.44. The molecule has 6 nitrogen and oxygen atoms in total. The second-order valence-electron chi connectivity index (χ2n) is 6.44. The minimum absolute atomic E-state index is 0.0856. The molecule has 1 N–H and O–H groups in total. The van der Waals surface area contributed by atoms with Gasteiger partial charge >= 0.3 is 0 Å². The molecule has 0 saturated heterocycles. The van der Waals surface area contributed by atoms with E-state index in [1.54, 1.807) is 34.9 Å². The van der Waals surface area contributed by atoms with Crippen LogP contribution in [-0.4, -0.2) is 41.6 Å². The van der Waals surface area contributed by atoms with E-state index < -0.39 is 6.04 Å². The number of thioether (sulfide) groups is 1. The first-order valence-electron chi connectivity index (χ1n) is 8.75. The van der Waals surface area contributed by atoms with E-state index in [0.717, 1.165) is 11.3 Å². The van der Waals surface area contributed by atoms with Gasteiger partial charge in [-0.05, 0) is 42.2 Å². The van der Waals surface area contributed by atoms with Crippen molar-refractivity contribution in [3.63, 3.8) is 0 Å². The van der Waals surface area contributed by atoms with Crippen LogP contribution in [0.4, 0.5) is 5.69 Å². The molecule has 0 fully saturated rings. The van der Waals surface area contributed by atoms with E-state index in [2.05, 4.69) is 5.32 Å². The van der Waals surface area contributed by atoms with E-state index in [4.69, 9.17) is 9.47 Å². The van der Waals surface area contributed by atoms with Crippen LogP contribution < -0.4 is 14.8 Å². The van der Waals surface area contributed by atoms with Crippen LogP contribution in [0, 0.1) is 0 Å². The quantitative estimate of drug-likeness (QED) is 0.829. The van der Waals surface area contributed by atoms with Crippen molar-refractivity contribution in [3.05, 3.63) is 53.6 Å². The number of nitrogens with one attached hydrogen (secondary N) is 1. The molecule has 7 heteroatoms. The maximum atomic E-state index is 13.0. The van der Waals surface area contributed by atoms with Crippen molar-refractivity contribution in [1.29, 1.82) is 0 Å². The number of carbonyl (C=O) groups excluding carboxylic acids is 2. The van der Waals surface area contributed by atoms with Crippen LogP contribution in [0.25, 0.3) is 0 Å². The van der Waals surface area contributed by atoms with Crippen LogP contribution in [0.1, 0.15) is 22.3 Å². The van der Waals surface area contributed by atoms with Gasteiger partial charge in [-0.15, -0.1) is 0 Å². The van der Waals surface area contributed by atoms with E-state index >= 15 is 0 Å². The second kappa shape index (κ2) is 7.52. The number of hydrogen-bond acceptors (Lipinski definition) is 5. The van der Waals surface area contributed by atoms with Crippen LogP contribution in [0.15, 0.2) is 42.5 Å². The molecule has 0 radical (unpaired) electrons. The van der Waals surface area contributed by atoms with Crippen molar-refractivity contribution in [1.82, 2.24) is 4.90 Å². The first-order valence-corrected chi connectivity index (χ1v) is 10.1. The Kier molecular flexibility index (Phi) is 4.94. The lowest BCUT2D eigenvalue weighted by molar-refractivity contribution is -0.120. The molecule has 2 heterocycles. The number of carbonyl (C=O) groups is 2. The topological polar surface area (TPSA) is 67.9 Å². The van der Waals surface area contributed by atoms with Crippen LogP contribution in [-0.2, 0) is 11.3 Å². The average molecular weight is 384 g/mol. The summed E-state index contributed by atoms with van der Waals surface area (Å²) in [6, 6.07) is 12.3. The number of ether oxygens (including phenoxy) is 2. The zero-order valence-corrected chi connectivity index (χ0v) is 15.8. The molecule has 27 heavy (non-hydrogen) atoms. The Morgan fingerprint density at radius 2 is 2.04 bits per heavy atom. The number of anilines is 1. The lowest BCUT2D eigenvalue weighted by Gasteiger charge is -2.26. The number of fused-ring (bicyclic) bond motifs is 2. The Balaban J connectivity index is 1.53. The van der Waals surface area contributed by atoms with E-state index in [0.29, 0.717) is 35.7 Å². The van der Waals surface area contributed by atoms with Crippen molar-refractivity contribution in [2.75, 3.05) is 24.1 Å². The highest BCUT2D eigenvalue weighted by Crippen LogP contribution is 2.34. The summed E-state index contributed by atoms with van der Waals surface area (Å²) in [5, 5.41) is 2.93. The summed E-state index contributed by atoms with van der Waals surface area (Å²) in [5.74, 6) is 1.79. The average Bonchev–Trinajstić information content (AvgIpc) is 3.27. The third-order valence-electron chi connectivity index (χ3n) is 4.76. The van der Waals surface area contributed by atoms with Crippen LogP contribution in [0.3, 0.4) is 0 Å². The van der Waals surface area contributed by atoms with Gasteiger partial charge in [-0.3, -0.25) is 9.59 Å². The molecule has 4 rings (SSSR count). The van der Waals surface area contributed by atoms with Gasteiger partial charge in [-0.1, -0.05) is 18.2 Å². The van der Waals surface area contributed by atoms with Crippen molar-refractivity contribution in [2.24, 2.45) is 0 Å². The lowest BCUT2D eigenvalue weighted by atomic mass is 10.1. The standard InChI is InChI=1S/C20H20N2O4S/c1-27-9-8-16(22-11-13-4-2-3-5-15(13)20(22)24)19(23)21-14-6-7-17-18(10-14)26-12-25-17/h2-7,10,16H,8-9,11-12H2,1H3,(H,21,23). The molecule has 2 aliphatic rings. The molecular weight excluding hydrogens is 364 g/mol. The van der Waals surface area contributed by atoms with Gasteiger partial charge in [0.2, 0.25) is 12.7 Å². The van der Waals surface area contributed by atoms with Gasteiger partial charge in [0, 0.05) is 23.9 Å². The van der Waals surface area contributed by atoms with Crippen molar-refractivity contribution in [3.8, 4) is 11.5 Å². The smallest absolute Gasteiger partial charge is 0.255 e. The molecule has 0 aliphatic carbocycles. The van der Waals surface area contributed by atoms with Gasteiger partial charge in [0.15, 0.2) is 11.5 Å². The minimum atomic E-state index is -0.525. The minimum Gasteiger partial charge on any atom is -0.454 e. The molecule has 0 saturated carbocycles. The fourth-order valence-electron chi connectivity index (χ4n) is 3.39. The number of nitrogens with zero attached hydrogens (tertiary/aromatic N) is 1. The van der Waals surface area contributed by atoms with Gasteiger partial charge < -0.3 is 19.7 Å². The van der Waals surface area contributed by atoms with Gasteiger partial charge in [-0.2, -0.15) is 11.8 Å². The normalized spacial score (nSPS) is 15.6. The fraction of sp³-hybridized carbons (Fsp3) is 0.300. The summed E-state index contributed by atoms with van der Waals surface area (Å²) in [4.78, 5) is 27.5. The molecule has 0 bridgehead atoms. The zero-order valence-electron chi connectivity index (χ0n) is 14.9. The van der Waals surface area contributed by atoms with E-state index in [-0.39, 0.29) is 18.6 Å². The Bertz CT molecular complexity index is 886. The van der Waals surface area contributed by atoms with Crippen molar-refractivity contribution < 1.29 is 19.1 Å². The molecule has 0 aromatic heterocycles. The predicted octanol–water partition coefficient (Wildman–Crippen LogP) is 3.13. The second-order valence-corrected chi connectivity index (χ2v) is 7.43. The van der Waals surface area contributed by atoms with Crippen LogP contribution >= 0.6 is 11.8 Å². The molecular formula is C20H20N2O4S. The van der Waals surface area contributed by atoms with Gasteiger partial charge in [-0.25, -0.2) is 0 Å². The Labute approximate surface area is 161 Å². The highest BCUT2D eigenvalue weighted by atomic mass is 32.2. The summed E-state index contributed by atoms with van der Waals surface area (Å²) in [5.41, 5.74) is 2.28. The van der Waals surface area contributed by atoms with Gasteiger partial charge in [0.1, 0.15) is 6.04 Å². The third-order valence-corrected chi connectivity index (χ3v) is 5.41. The molecule has 0 spiro atoms. The Hall–Kier alpha value is -2.67. The molecule has 1 unspecified atom stereocenters. The highest BCUT2D eigenvalue weighted by molar-refractivity contribution is 7.98. The van der Waals surface area contributed by atoms with Crippen LogP contribution in [0.2, 0.25) is 0 Å². The predicted molar refractivity (Wildman–Crippen MR) is 104 cm³/mol. The van der Waals surface area contributed by atoms with Crippen molar-refractivity contribution in [2.45, 2.75) is 19.0 Å². The maximum Gasteiger partial charge on any atom is 0.255 e. The number of hydrogen-bond donors (Lipinski definition) is 1. The number of amides is 2. The Morgan fingerprint density at radius 1 is 1.22 bits per heavy atom. The van der Waals surface area contributed by atoms with E-state index in [1.807, 2.05) is 30.5 Å². The van der Waals surface area contributed by atoms with E-state index in [1.165, 1.54) is 0 Å². The molecule has 2 aliphatic heterocycles. The first kappa shape index (κ1) is 17.7. The molecule has 2 aromatic carbocycles. The summed E-state index contributed by atoms with van der Waals surface area (Å²) in [7, 11) is 0. The Morgan fingerprint density at radius 3 is 2.85 bits per heavy atom. The molecule has 2 aromatic rings. The van der Waals surface area contributed by atoms with Gasteiger partial charge in [0.25, 0.3) is 5.91 Å². The molecule has 140 valence electrons. The largest absolute Gasteiger partial charge is 0.454 e. The van der Waals surface area contributed by atoms with Crippen molar-refractivity contribution >= 4 is 29.3 Å². The maximum absolute atomic E-state index is 13.0. The monoisotopic (exact) mass is 384 g/mol. The molecule has 1 atom stereocenters. The summed E-state index contributed by atoms with van der Waals surface area (Å²) in [6.45, 7) is 0.645. The summed E-state index contributed by atoms with van der Waals surface area (Å²) >= 11 is 1.66. The zero-order chi connectivity index (χ0) is 18.8. The summed E-state index contributed by atoms with van der Waals surface area (Å²) in [6.07, 6.45) is 2.59. The highest BCUT2D eigenvalue weighted by Gasteiger charge is 2.36. The number of rotatable bonds is 6. The third kappa shape index (κ3) is 3.47. The van der Waals surface area contributed by atoms with Gasteiger partial charge in [0.05, 0.1) is 0 Å². The number of benzene rings is 2. The van der Waals surface area contributed by atoms with Crippen LogP contribution in [0.5, 0.6) is 11.5 Å². The first-order chi connectivity index (χ1) is 13.2. The van der Waals surface area contributed by atoms with E-state index in [9.17, 15) is 9.59 Å².